The molecule has 3 aromatic rings. The first-order chi connectivity index (χ1) is 13.4. The van der Waals surface area contributed by atoms with Crippen LogP contribution in [0.3, 0.4) is 0 Å². The van der Waals surface area contributed by atoms with E-state index in [-0.39, 0.29) is 0 Å². The number of esters is 1. The maximum Gasteiger partial charge on any atom is 0.338 e. The zero-order valence-electron chi connectivity index (χ0n) is 15.8. The van der Waals surface area contributed by atoms with E-state index in [4.69, 9.17) is 16.3 Å². The minimum Gasteiger partial charge on any atom is -0.449 e. The fourth-order valence-electron chi connectivity index (χ4n) is 2.66. The molecule has 0 fully saturated rings. The van der Waals surface area contributed by atoms with Crippen molar-refractivity contribution < 1.29 is 14.3 Å². The van der Waals surface area contributed by atoms with E-state index in [1.807, 2.05) is 32.0 Å². The molecule has 0 radical (unpaired) electrons. The maximum absolute atomic E-state index is 12.3. The molecule has 1 aromatic heterocycles. The van der Waals surface area contributed by atoms with E-state index < -0.39 is 18.0 Å². The highest BCUT2D eigenvalue weighted by atomic mass is 35.5. The molecule has 1 N–H and O–H groups in total. The number of carbonyl (C=O) groups is 2. The van der Waals surface area contributed by atoms with Gasteiger partial charge in [0.25, 0.3) is 5.91 Å². The lowest BCUT2D eigenvalue weighted by atomic mass is 10.2. The van der Waals surface area contributed by atoms with E-state index in [0.717, 1.165) is 17.1 Å². The number of nitrogens with zero attached hydrogens (tertiary/aromatic N) is 2. The highest BCUT2D eigenvalue weighted by Gasteiger charge is 2.19. The van der Waals surface area contributed by atoms with E-state index in [1.165, 1.54) is 6.92 Å². The summed E-state index contributed by atoms with van der Waals surface area (Å²) < 4.78 is 6.98. The SMILES string of the molecule is Cc1nn(-c2ccc(C(=O)OC(C)C(=O)Nc3ccccc3)cc2)c(C)c1Cl. The summed E-state index contributed by atoms with van der Waals surface area (Å²) >= 11 is 6.18. The number of aryl methyl sites for hydroxylation is 1. The number of para-hydroxylation sites is 1. The van der Waals surface area contributed by atoms with Crippen LogP contribution >= 0.6 is 11.6 Å². The predicted octanol–water partition coefficient (Wildman–Crippen LogP) is 4.33. The van der Waals surface area contributed by atoms with Crippen LogP contribution < -0.4 is 5.32 Å². The predicted molar refractivity (Wildman–Crippen MR) is 108 cm³/mol. The summed E-state index contributed by atoms with van der Waals surface area (Å²) in [5.74, 6) is -0.970. The number of hydrogen-bond donors (Lipinski definition) is 1. The Morgan fingerprint density at radius 2 is 1.71 bits per heavy atom. The standard InChI is InChI=1S/C21H20ClN3O3/c1-13-19(22)14(2)25(24-13)18-11-9-16(10-12-18)21(27)28-15(3)20(26)23-17-7-5-4-6-8-17/h4-12,15H,1-3H3,(H,23,26). The van der Waals surface area contributed by atoms with E-state index in [9.17, 15) is 9.59 Å². The third-order valence-electron chi connectivity index (χ3n) is 4.24. The second kappa shape index (κ2) is 8.27. The molecule has 1 heterocycles. The largest absolute Gasteiger partial charge is 0.449 e. The van der Waals surface area contributed by atoms with Gasteiger partial charge in [-0.2, -0.15) is 5.10 Å². The molecule has 0 bridgehead atoms. The number of benzene rings is 2. The zero-order valence-corrected chi connectivity index (χ0v) is 16.5. The van der Waals surface area contributed by atoms with Crippen LogP contribution in [-0.4, -0.2) is 27.8 Å². The Labute approximate surface area is 168 Å². The van der Waals surface area contributed by atoms with Crippen LogP contribution in [-0.2, 0) is 9.53 Å². The summed E-state index contributed by atoms with van der Waals surface area (Å²) in [5.41, 5.74) is 3.32. The third-order valence-corrected chi connectivity index (χ3v) is 4.79. The molecule has 0 aliphatic carbocycles. The molecule has 144 valence electrons. The Balaban J connectivity index is 1.66. The van der Waals surface area contributed by atoms with Crippen molar-refractivity contribution in [2.75, 3.05) is 5.32 Å². The van der Waals surface area contributed by atoms with Gasteiger partial charge in [-0.1, -0.05) is 29.8 Å². The van der Waals surface area contributed by atoms with Gasteiger partial charge in [0.05, 0.1) is 27.7 Å². The van der Waals surface area contributed by atoms with Gasteiger partial charge in [-0.25, -0.2) is 9.48 Å². The number of aromatic nitrogens is 2. The van der Waals surface area contributed by atoms with Gasteiger partial charge in [-0.15, -0.1) is 0 Å². The second-order valence-corrected chi connectivity index (χ2v) is 6.72. The first-order valence-electron chi connectivity index (χ1n) is 8.76. The molecule has 3 rings (SSSR count). The summed E-state index contributed by atoms with van der Waals surface area (Å²) in [4.78, 5) is 24.5. The molecule has 0 spiro atoms. The van der Waals surface area contributed by atoms with Crippen LogP contribution in [0.25, 0.3) is 5.69 Å². The number of hydrogen-bond acceptors (Lipinski definition) is 4. The van der Waals surface area contributed by atoms with Crippen molar-refractivity contribution in [2.45, 2.75) is 26.9 Å². The lowest BCUT2D eigenvalue weighted by Crippen LogP contribution is -2.30. The summed E-state index contributed by atoms with van der Waals surface area (Å²) in [6.07, 6.45) is -0.929. The van der Waals surface area contributed by atoms with E-state index >= 15 is 0 Å². The molecule has 6 nitrogen and oxygen atoms in total. The summed E-state index contributed by atoms with van der Waals surface area (Å²) in [5, 5.41) is 7.70. The first-order valence-corrected chi connectivity index (χ1v) is 9.13. The molecule has 1 atom stereocenters. The molecular weight excluding hydrogens is 378 g/mol. The number of ether oxygens (including phenoxy) is 1. The second-order valence-electron chi connectivity index (χ2n) is 6.35. The molecule has 28 heavy (non-hydrogen) atoms. The lowest BCUT2D eigenvalue weighted by molar-refractivity contribution is -0.123. The average molecular weight is 398 g/mol. The maximum atomic E-state index is 12.3. The highest BCUT2D eigenvalue weighted by Crippen LogP contribution is 2.22. The molecule has 7 heteroatoms. The zero-order chi connectivity index (χ0) is 20.3. The van der Waals surface area contributed by atoms with Crippen molar-refractivity contribution in [3.05, 3.63) is 76.6 Å². The first kappa shape index (κ1) is 19.6. The van der Waals surface area contributed by atoms with Crippen LogP contribution in [0.1, 0.15) is 28.7 Å². The Morgan fingerprint density at radius 1 is 1.07 bits per heavy atom. The molecule has 0 aliphatic heterocycles. The van der Waals surface area contributed by atoms with Gasteiger partial charge < -0.3 is 10.1 Å². The van der Waals surface area contributed by atoms with E-state index in [2.05, 4.69) is 10.4 Å². The smallest absolute Gasteiger partial charge is 0.338 e. The minimum absolute atomic E-state index is 0.343. The van der Waals surface area contributed by atoms with Crippen LogP contribution in [0.4, 0.5) is 5.69 Å². The van der Waals surface area contributed by atoms with Crippen LogP contribution in [0.5, 0.6) is 0 Å². The van der Waals surface area contributed by atoms with Gasteiger partial charge in [0, 0.05) is 5.69 Å². The van der Waals surface area contributed by atoms with Gasteiger partial charge in [0.2, 0.25) is 0 Å². The van der Waals surface area contributed by atoms with Crippen molar-refractivity contribution in [1.82, 2.24) is 9.78 Å². The average Bonchev–Trinajstić information content (AvgIpc) is 2.96. The fraction of sp³-hybridized carbons (Fsp3) is 0.190. The van der Waals surface area contributed by atoms with E-state index in [1.54, 1.807) is 41.1 Å². The number of rotatable bonds is 5. The van der Waals surface area contributed by atoms with Crippen LogP contribution in [0.15, 0.2) is 54.6 Å². The number of nitrogens with one attached hydrogen (secondary N) is 1. The van der Waals surface area contributed by atoms with Gasteiger partial charge in [0.15, 0.2) is 6.10 Å². The summed E-state index contributed by atoms with van der Waals surface area (Å²) in [7, 11) is 0. The molecule has 1 unspecified atom stereocenters. The van der Waals surface area contributed by atoms with Crippen molar-refractivity contribution in [1.29, 1.82) is 0 Å². The quantitative estimate of drug-likeness (QED) is 0.650. The number of amides is 1. The molecule has 0 saturated carbocycles. The molecule has 2 aromatic carbocycles. The van der Waals surface area contributed by atoms with Gasteiger partial charge >= 0.3 is 5.97 Å². The molecule has 0 aliphatic rings. The molecule has 1 amide bonds. The fourth-order valence-corrected chi connectivity index (χ4v) is 2.78. The normalized spacial score (nSPS) is 11.7. The Kier molecular flexibility index (Phi) is 5.80. The van der Waals surface area contributed by atoms with Crippen molar-refractivity contribution in [3.63, 3.8) is 0 Å². The van der Waals surface area contributed by atoms with Gasteiger partial charge in [-0.3, -0.25) is 4.79 Å². The summed E-state index contributed by atoms with van der Waals surface area (Å²) in [6, 6.07) is 15.7. The highest BCUT2D eigenvalue weighted by molar-refractivity contribution is 6.31. The summed E-state index contributed by atoms with van der Waals surface area (Å²) in [6.45, 7) is 5.24. The van der Waals surface area contributed by atoms with Gasteiger partial charge in [0.1, 0.15) is 0 Å². The Morgan fingerprint density at radius 3 is 2.29 bits per heavy atom. The number of carbonyl (C=O) groups excluding carboxylic acids is 2. The van der Waals surface area contributed by atoms with E-state index in [0.29, 0.717) is 16.3 Å². The molecular formula is C21H20ClN3O3. The molecule has 0 saturated heterocycles. The number of halogens is 1. The Hall–Kier alpha value is -3.12. The monoisotopic (exact) mass is 397 g/mol. The van der Waals surface area contributed by atoms with Gasteiger partial charge in [-0.05, 0) is 57.2 Å². The minimum atomic E-state index is -0.929. The van der Waals surface area contributed by atoms with Crippen molar-refractivity contribution >= 4 is 29.2 Å². The van der Waals surface area contributed by atoms with Crippen molar-refractivity contribution in [2.24, 2.45) is 0 Å². The Bertz CT molecular complexity index is 998. The topological polar surface area (TPSA) is 73.2 Å². The van der Waals surface area contributed by atoms with Crippen LogP contribution in [0.2, 0.25) is 5.02 Å². The number of anilines is 1. The third kappa shape index (κ3) is 4.23. The van der Waals surface area contributed by atoms with Crippen LogP contribution in [0, 0.1) is 13.8 Å². The lowest BCUT2D eigenvalue weighted by Gasteiger charge is -2.14. The van der Waals surface area contributed by atoms with Crippen molar-refractivity contribution in [3.8, 4) is 5.69 Å².